The summed E-state index contributed by atoms with van der Waals surface area (Å²) in [6, 6.07) is 3.74. The minimum absolute atomic E-state index is 0.0988. The standard InChI is InChI=1S/C19H24BrN5O2/c1-11(2)15-14(20)16(24-23-15)19(27)25-9-5-7-13(10-25)18(26)22-17-12(3)6-4-8-21-17/h4,6,8,11,13H,5,7,9-10H2,1-3H3,(H,23,24)(H,21,22,26). The van der Waals surface area contributed by atoms with Crippen LogP contribution in [0.1, 0.15) is 54.4 Å². The van der Waals surface area contributed by atoms with E-state index in [9.17, 15) is 9.59 Å². The molecule has 0 bridgehead atoms. The van der Waals surface area contributed by atoms with Crippen LogP contribution >= 0.6 is 15.9 Å². The van der Waals surface area contributed by atoms with Crippen LogP contribution in [0.4, 0.5) is 5.82 Å². The van der Waals surface area contributed by atoms with E-state index < -0.39 is 0 Å². The number of amides is 2. The average molecular weight is 434 g/mol. The van der Waals surface area contributed by atoms with Gasteiger partial charge in [-0.1, -0.05) is 19.9 Å². The number of anilines is 1. The lowest BCUT2D eigenvalue weighted by Gasteiger charge is -2.31. The molecule has 1 aliphatic heterocycles. The first-order valence-electron chi connectivity index (χ1n) is 9.14. The Hall–Kier alpha value is -2.22. The average Bonchev–Trinajstić information content (AvgIpc) is 3.04. The van der Waals surface area contributed by atoms with E-state index in [0.29, 0.717) is 29.1 Å². The number of hydrogen-bond acceptors (Lipinski definition) is 4. The van der Waals surface area contributed by atoms with Crippen molar-refractivity contribution in [2.75, 3.05) is 18.4 Å². The van der Waals surface area contributed by atoms with E-state index in [1.54, 1.807) is 11.1 Å². The Labute approximate surface area is 167 Å². The van der Waals surface area contributed by atoms with Gasteiger partial charge in [0.2, 0.25) is 5.91 Å². The number of halogens is 1. The molecule has 3 rings (SSSR count). The summed E-state index contributed by atoms with van der Waals surface area (Å²) in [5, 5.41) is 10.0. The molecule has 8 heteroatoms. The molecule has 27 heavy (non-hydrogen) atoms. The van der Waals surface area contributed by atoms with Crippen LogP contribution in [0.25, 0.3) is 0 Å². The molecule has 0 radical (unpaired) electrons. The highest BCUT2D eigenvalue weighted by atomic mass is 79.9. The Morgan fingerprint density at radius 3 is 2.85 bits per heavy atom. The first kappa shape index (κ1) is 19.5. The van der Waals surface area contributed by atoms with Crippen molar-refractivity contribution in [2.24, 2.45) is 5.92 Å². The van der Waals surface area contributed by atoms with Crippen molar-refractivity contribution in [2.45, 2.75) is 39.5 Å². The predicted octanol–water partition coefficient (Wildman–Crippen LogP) is 3.49. The van der Waals surface area contributed by atoms with Crippen LogP contribution in [0.5, 0.6) is 0 Å². The minimum Gasteiger partial charge on any atom is -0.336 e. The number of aromatic nitrogens is 3. The van der Waals surface area contributed by atoms with Crippen molar-refractivity contribution in [1.29, 1.82) is 0 Å². The summed E-state index contributed by atoms with van der Waals surface area (Å²) in [7, 11) is 0. The molecule has 1 atom stereocenters. The van der Waals surface area contributed by atoms with E-state index >= 15 is 0 Å². The number of carbonyl (C=O) groups excluding carboxylic acids is 2. The van der Waals surface area contributed by atoms with Gasteiger partial charge in [-0.05, 0) is 53.2 Å². The number of hydrogen-bond donors (Lipinski definition) is 2. The molecule has 2 amide bonds. The van der Waals surface area contributed by atoms with Crippen molar-refractivity contribution in [3.05, 3.63) is 39.8 Å². The van der Waals surface area contributed by atoms with Gasteiger partial charge in [0.25, 0.3) is 5.91 Å². The molecule has 1 saturated heterocycles. The van der Waals surface area contributed by atoms with Crippen molar-refractivity contribution < 1.29 is 9.59 Å². The largest absolute Gasteiger partial charge is 0.336 e. The number of rotatable bonds is 4. The Kier molecular flexibility index (Phi) is 5.94. The van der Waals surface area contributed by atoms with Crippen molar-refractivity contribution in [3.63, 3.8) is 0 Å². The lowest BCUT2D eigenvalue weighted by Crippen LogP contribution is -2.44. The maximum absolute atomic E-state index is 12.9. The van der Waals surface area contributed by atoms with Crippen molar-refractivity contribution in [3.8, 4) is 0 Å². The number of carbonyl (C=O) groups is 2. The zero-order valence-electron chi connectivity index (χ0n) is 15.8. The quantitative estimate of drug-likeness (QED) is 0.771. The maximum Gasteiger partial charge on any atom is 0.275 e. The number of nitrogens with zero attached hydrogens (tertiary/aromatic N) is 3. The Morgan fingerprint density at radius 2 is 2.19 bits per heavy atom. The molecule has 1 fully saturated rings. The fraction of sp³-hybridized carbons (Fsp3) is 0.474. The van der Waals surface area contributed by atoms with Gasteiger partial charge in [-0.25, -0.2) is 4.98 Å². The van der Waals surface area contributed by atoms with Crippen LogP contribution in [0.15, 0.2) is 22.8 Å². The van der Waals surface area contributed by atoms with E-state index in [1.807, 2.05) is 32.9 Å². The van der Waals surface area contributed by atoms with Crippen LogP contribution in [-0.2, 0) is 4.79 Å². The molecule has 0 saturated carbocycles. The summed E-state index contributed by atoms with van der Waals surface area (Å²) < 4.78 is 0.707. The van der Waals surface area contributed by atoms with E-state index in [-0.39, 0.29) is 23.7 Å². The molecule has 2 aromatic rings. The highest BCUT2D eigenvalue weighted by Gasteiger charge is 2.31. The normalized spacial score (nSPS) is 17.2. The van der Waals surface area contributed by atoms with Gasteiger partial charge in [0.1, 0.15) is 5.82 Å². The number of aryl methyl sites for hydroxylation is 1. The zero-order valence-corrected chi connectivity index (χ0v) is 17.3. The third-order valence-corrected chi connectivity index (χ3v) is 5.65. The summed E-state index contributed by atoms with van der Waals surface area (Å²) in [4.78, 5) is 31.5. The number of piperidine rings is 1. The first-order chi connectivity index (χ1) is 12.9. The Bertz CT molecular complexity index is 848. The Morgan fingerprint density at radius 1 is 1.41 bits per heavy atom. The zero-order chi connectivity index (χ0) is 19.6. The molecule has 1 unspecified atom stereocenters. The number of aromatic amines is 1. The molecule has 2 N–H and O–H groups in total. The van der Waals surface area contributed by atoms with Gasteiger partial charge >= 0.3 is 0 Å². The first-order valence-corrected chi connectivity index (χ1v) is 9.93. The maximum atomic E-state index is 12.9. The molecule has 7 nitrogen and oxygen atoms in total. The number of likely N-dealkylation sites (tertiary alicyclic amines) is 1. The van der Waals surface area contributed by atoms with E-state index in [0.717, 1.165) is 24.1 Å². The van der Waals surface area contributed by atoms with Gasteiger partial charge in [0.05, 0.1) is 16.1 Å². The van der Waals surface area contributed by atoms with Crippen LogP contribution in [0.2, 0.25) is 0 Å². The van der Waals surface area contributed by atoms with Crippen LogP contribution in [-0.4, -0.2) is 45.0 Å². The molecule has 0 aliphatic carbocycles. The van der Waals surface area contributed by atoms with Gasteiger partial charge < -0.3 is 10.2 Å². The molecule has 1 aliphatic rings. The van der Waals surface area contributed by atoms with Crippen LogP contribution in [0.3, 0.4) is 0 Å². The fourth-order valence-electron chi connectivity index (χ4n) is 3.23. The molecule has 0 aromatic carbocycles. The van der Waals surface area contributed by atoms with Crippen molar-refractivity contribution in [1.82, 2.24) is 20.1 Å². The molecule has 144 valence electrons. The molecule has 3 heterocycles. The summed E-state index contributed by atoms with van der Waals surface area (Å²) in [5.41, 5.74) is 2.19. The minimum atomic E-state index is -0.258. The van der Waals surface area contributed by atoms with Gasteiger partial charge in [-0.3, -0.25) is 14.7 Å². The Balaban J connectivity index is 1.69. The van der Waals surface area contributed by atoms with Gasteiger partial charge in [-0.2, -0.15) is 5.10 Å². The van der Waals surface area contributed by atoms with E-state index in [2.05, 4.69) is 36.4 Å². The highest BCUT2D eigenvalue weighted by Crippen LogP contribution is 2.28. The van der Waals surface area contributed by atoms with E-state index in [1.165, 1.54) is 0 Å². The number of pyridine rings is 1. The van der Waals surface area contributed by atoms with Crippen LogP contribution in [0, 0.1) is 12.8 Å². The van der Waals surface area contributed by atoms with Gasteiger partial charge in [-0.15, -0.1) is 0 Å². The topological polar surface area (TPSA) is 91.0 Å². The monoisotopic (exact) mass is 433 g/mol. The van der Waals surface area contributed by atoms with E-state index in [4.69, 9.17) is 0 Å². The summed E-state index contributed by atoms with van der Waals surface area (Å²) in [5.74, 6) is 0.290. The third kappa shape index (κ3) is 4.21. The fourth-order valence-corrected chi connectivity index (χ4v) is 4.03. The number of H-pyrrole nitrogens is 1. The summed E-state index contributed by atoms with van der Waals surface area (Å²) in [6.45, 7) is 6.98. The molecule has 0 spiro atoms. The molecule has 2 aromatic heterocycles. The molecular weight excluding hydrogens is 410 g/mol. The number of nitrogens with one attached hydrogen (secondary N) is 2. The predicted molar refractivity (Wildman–Crippen MR) is 107 cm³/mol. The second-order valence-electron chi connectivity index (χ2n) is 7.20. The summed E-state index contributed by atoms with van der Waals surface area (Å²) in [6.07, 6.45) is 3.19. The van der Waals surface area contributed by atoms with Gasteiger partial charge in [0, 0.05) is 19.3 Å². The highest BCUT2D eigenvalue weighted by molar-refractivity contribution is 9.10. The summed E-state index contributed by atoms with van der Waals surface area (Å²) >= 11 is 3.49. The lowest BCUT2D eigenvalue weighted by atomic mass is 9.96. The third-order valence-electron chi connectivity index (χ3n) is 4.84. The SMILES string of the molecule is Cc1cccnc1NC(=O)C1CCCN(C(=O)c2n[nH]c(C(C)C)c2Br)C1. The lowest BCUT2D eigenvalue weighted by molar-refractivity contribution is -0.121. The van der Waals surface area contributed by atoms with Crippen LogP contribution < -0.4 is 5.32 Å². The molecular formula is C19H24BrN5O2. The second-order valence-corrected chi connectivity index (χ2v) is 8.00. The second kappa shape index (κ2) is 8.21. The smallest absolute Gasteiger partial charge is 0.275 e. The van der Waals surface area contributed by atoms with Crippen molar-refractivity contribution >= 4 is 33.6 Å². The van der Waals surface area contributed by atoms with Gasteiger partial charge in [0.15, 0.2) is 5.69 Å².